The molecule has 1 aromatic carbocycles. The number of thiophene rings is 1. The molecule has 0 nitrogen and oxygen atoms in total. The molecule has 14 heavy (non-hydrogen) atoms. The molecule has 71 valence electrons. The van der Waals surface area contributed by atoms with Crippen LogP contribution in [-0.4, -0.2) is 0 Å². The summed E-state index contributed by atoms with van der Waals surface area (Å²) in [6, 6.07) is 6.95. The van der Waals surface area contributed by atoms with E-state index in [0.717, 1.165) is 21.6 Å². The summed E-state index contributed by atoms with van der Waals surface area (Å²) in [4.78, 5) is 1.15. The highest BCUT2D eigenvalue weighted by atomic mass is 32.1. The van der Waals surface area contributed by atoms with Crippen LogP contribution >= 0.6 is 11.3 Å². The summed E-state index contributed by atoms with van der Waals surface area (Å²) in [6.07, 6.45) is 0. The van der Waals surface area contributed by atoms with Gasteiger partial charge in [0.1, 0.15) is 5.82 Å². The molecule has 0 aliphatic heterocycles. The molecule has 2 heteroatoms. The summed E-state index contributed by atoms with van der Waals surface area (Å²) >= 11 is 1.58. The van der Waals surface area contributed by atoms with E-state index in [-0.39, 0.29) is 5.82 Å². The van der Waals surface area contributed by atoms with Gasteiger partial charge in [-0.3, -0.25) is 0 Å². The Bertz CT molecular complexity index is 457. The van der Waals surface area contributed by atoms with E-state index >= 15 is 0 Å². The van der Waals surface area contributed by atoms with Crippen LogP contribution in [0.3, 0.4) is 0 Å². The number of rotatable bonds is 1. The van der Waals surface area contributed by atoms with E-state index < -0.39 is 0 Å². The molecule has 1 aromatic heterocycles. The SMILES string of the molecule is Cc1[c]sc(-c2ccc(F)cc2C)c1. The van der Waals surface area contributed by atoms with Crippen molar-refractivity contribution in [2.45, 2.75) is 13.8 Å². The van der Waals surface area contributed by atoms with Crippen LogP contribution in [0.2, 0.25) is 0 Å². The fraction of sp³-hybridized carbons (Fsp3) is 0.167. The summed E-state index contributed by atoms with van der Waals surface area (Å²) in [7, 11) is 0. The minimum absolute atomic E-state index is 0.177. The molecule has 1 heterocycles. The van der Waals surface area contributed by atoms with Gasteiger partial charge >= 0.3 is 0 Å². The van der Waals surface area contributed by atoms with Crippen molar-refractivity contribution in [2.75, 3.05) is 0 Å². The predicted octanol–water partition coefficient (Wildman–Crippen LogP) is 3.97. The van der Waals surface area contributed by atoms with Gasteiger partial charge in [-0.2, -0.15) is 0 Å². The molecule has 0 spiro atoms. The summed E-state index contributed by atoms with van der Waals surface area (Å²) in [6.45, 7) is 3.94. The molecule has 2 rings (SSSR count). The maximum absolute atomic E-state index is 12.9. The second-order valence-corrected chi connectivity index (χ2v) is 4.20. The first-order valence-corrected chi connectivity index (χ1v) is 5.23. The minimum atomic E-state index is -0.177. The third-order valence-electron chi connectivity index (χ3n) is 2.12. The number of hydrogen-bond acceptors (Lipinski definition) is 1. The minimum Gasteiger partial charge on any atom is -0.207 e. The van der Waals surface area contributed by atoms with E-state index in [1.54, 1.807) is 17.4 Å². The van der Waals surface area contributed by atoms with Crippen LogP contribution in [0.25, 0.3) is 10.4 Å². The predicted molar refractivity (Wildman–Crippen MR) is 58.0 cm³/mol. The van der Waals surface area contributed by atoms with E-state index in [0.29, 0.717) is 0 Å². The number of hydrogen-bond donors (Lipinski definition) is 0. The fourth-order valence-electron chi connectivity index (χ4n) is 1.43. The van der Waals surface area contributed by atoms with Crippen molar-refractivity contribution in [3.63, 3.8) is 0 Å². The summed E-state index contributed by atoms with van der Waals surface area (Å²) in [5.74, 6) is -0.177. The summed E-state index contributed by atoms with van der Waals surface area (Å²) in [5, 5.41) is 3.16. The zero-order valence-electron chi connectivity index (χ0n) is 8.10. The van der Waals surface area contributed by atoms with Gasteiger partial charge in [0.25, 0.3) is 0 Å². The van der Waals surface area contributed by atoms with Crippen LogP contribution in [0, 0.1) is 25.0 Å². The lowest BCUT2D eigenvalue weighted by Gasteiger charge is -2.02. The van der Waals surface area contributed by atoms with Crippen molar-refractivity contribution in [1.82, 2.24) is 0 Å². The molecular formula is C12H10FS. The molecule has 0 bridgehead atoms. The van der Waals surface area contributed by atoms with Gasteiger partial charge in [0.15, 0.2) is 0 Å². The van der Waals surface area contributed by atoms with Crippen molar-refractivity contribution in [3.05, 3.63) is 46.6 Å². The van der Waals surface area contributed by atoms with E-state index in [1.807, 2.05) is 19.9 Å². The Labute approximate surface area is 87.0 Å². The Morgan fingerprint density at radius 2 is 2.00 bits per heavy atom. The van der Waals surface area contributed by atoms with Crippen LogP contribution in [0.5, 0.6) is 0 Å². The second kappa shape index (κ2) is 3.54. The van der Waals surface area contributed by atoms with Crippen molar-refractivity contribution < 1.29 is 4.39 Å². The first-order chi connectivity index (χ1) is 6.66. The smallest absolute Gasteiger partial charge is 0.123 e. The highest BCUT2D eigenvalue weighted by Crippen LogP contribution is 2.29. The number of benzene rings is 1. The molecule has 0 N–H and O–H groups in total. The molecule has 0 aliphatic carbocycles. The molecule has 1 radical (unpaired) electrons. The number of aryl methyl sites for hydroxylation is 2. The first kappa shape index (κ1) is 9.41. The molecule has 2 aromatic rings. The summed E-state index contributed by atoms with van der Waals surface area (Å²) in [5.41, 5.74) is 3.20. The highest BCUT2D eigenvalue weighted by molar-refractivity contribution is 7.13. The average Bonchev–Trinajstić information content (AvgIpc) is 2.51. The monoisotopic (exact) mass is 205 g/mol. The van der Waals surface area contributed by atoms with Crippen molar-refractivity contribution in [2.24, 2.45) is 0 Å². The lowest BCUT2D eigenvalue weighted by Crippen LogP contribution is -1.82. The Balaban J connectivity index is 2.52. The maximum atomic E-state index is 12.9. The highest BCUT2D eigenvalue weighted by Gasteiger charge is 2.04. The molecular weight excluding hydrogens is 195 g/mol. The van der Waals surface area contributed by atoms with Crippen LogP contribution in [0.4, 0.5) is 4.39 Å². The van der Waals surface area contributed by atoms with Gasteiger partial charge in [0.2, 0.25) is 0 Å². The third kappa shape index (κ3) is 1.70. The number of halogens is 1. The van der Waals surface area contributed by atoms with Crippen LogP contribution in [0.1, 0.15) is 11.1 Å². The second-order valence-electron chi connectivity index (χ2n) is 3.35. The lowest BCUT2D eigenvalue weighted by molar-refractivity contribution is 0.627. The first-order valence-electron chi connectivity index (χ1n) is 4.41. The Hall–Kier alpha value is -1.15. The zero-order valence-corrected chi connectivity index (χ0v) is 8.91. The molecule has 0 fully saturated rings. The van der Waals surface area contributed by atoms with E-state index in [1.165, 1.54) is 6.07 Å². The largest absolute Gasteiger partial charge is 0.207 e. The Morgan fingerprint density at radius 1 is 1.21 bits per heavy atom. The van der Waals surface area contributed by atoms with Gasteiger partial charge in [-0.05, 0) is 48.7 Å². The molecule has 0 saturated carbocycles. The molecule has 0 atom stereocenters. The van der Waals surface area contributed by atoms with Crippen LogP contribution in [0.15, 0.2) is 24.3 Å². The van der Waals surface area contributed by atoms with E-state index in [2.05, 4.69) is 11.4 Å². The lowest BCUT2D eigenvalue weighted by atomic mass is 10.1. The van der Waals surface area contributed by atoms with Crippen molar-refractivity contribution >= 4 is 11.3 Å². The van der Waals surface area contributed by atoms with Crippen LogP contribution < -0.4 is 0 Å². The Kier molecular flexibility index (Phi) is 2.38. The van der Waals surface area contributed by atoms with Crippen molar-refractivity contribution in [3.8, 4) is 10.4 Å². The molecule has 0 amide bonds. The topological polar surface area (TPSA) is 0 Å². The van der Waals surface area contributed by atoms with E-state index in [4.69, 9.17) is 0 Å². The third-order valence-corrected chi connectivity index (χ3v) is 3.11. The normalized spacial score (nSPS) is 10.5. The van der Waals surface area contributed by atoms with Gasteiger partial charge in [-0.25, -0.2) is 4.39 Å². The van der Waals surface area contributed by atoms with Gasteiger partial charge in [-0.1, -0.05) is 6.07 Å². The molecule has 0 unspecified atom stereocenters. The van der Waals surface area contributed by atoms with Crippen molar-refractivity contribution in [1.29, 1.82) is 0 Å². The fourth-order valence-corrected chi connectivity index (χ4v) is 2.33. The van der Waals surface area contributed by atoms with Crippen LogP contribution in [-0.2, 0) is 0 Å². The average molecular weight is 205 g/mol. The summed E-state index contributed by atoms with van der Waals surface area (Å²) < 4.78 is 12.9. The molecule has 0 aliphatic rings. The Morgan fingerprint density at radius 3 is 2.57 bits per heavy atom. The quantitative estimate of drug-likeness (QED) is 0.660. The van der Waals surface area contributed by atoms with Gasteiger partial charge in [-0.15, -0.1) is 11.3 Å². The van der Waals surface area contributed by atoms with Gasteiger partial charge in [0, 0.05) is 10.3 Å². The maximum Gasteiger partial charge on any atom is 0.123 e. The molecule has 0 saturated heterocycles. The zero-order chi connectivity index (χ0) is 10.1. The van der Waals surface area contributed by atoms with Gasteiger partial charge < -0.3 is 0 Å². The van der Waals surface area contributed by atoms with E-state index in [9.17, 15) is 4.39 Å². The van der Waals surface area contributed by atoms with Gasteiger partial charge in [0.05, 0.1) is 0 Å². The standard InChI is InChI=1S/C12H10FS/c1-8-5-12(14-7-8)11-4-3-10(13)6-9(11)2/h3-6H,1-2H3.